The molecule has 0 aromatic heterocycles. The molecule has 0 radical (unpaired) electrons. The van der Waals surface area contributed by atoms with Crippen molar-refractivity contribution in [3.63, 3.8) is 0 Å². The summed E-state index contributed by atoms with van der Waals surface area (Å²) in [4.78, 5) is 0. The molecule has 16 heavy (non-hydrogen) atoms. The average molecular weight is 246 g/mol. The number of rotatable bonds is 6. The van der Waals surface area contributed by atoms with E-state index in [0.717, 1.165) is 25.8 Å². The fraction of sp³-hybridized carbons (Fsp3) is 0.818. The van der Waals surface area contributed by atoms with E-state index in [0.29, 0.717) is 13.1 Å². The van der Waals surface area contributed by atoms with E-state index in [9.17, 15) is 8.42 Å². The van der Waals surface area contributed by atoms with Crippen LogP contribution in [0.1, 0.15) is 26.2 Å². The highest BCUT2D eigenvalue weighted by atomic mass is 32.2. The van der Waals surface area contributed by atoms with Gasteiger partial charge < -0.3 is 5.32 Å². The van der Waals surface area contributed by atoms with E-state index in [4.69, 9.17) is 0 Å². The number of hydrogen-bond donors (Lipinski definition) is 1. The molecule has 0 aromatic rings. The molecule has 0 aliphatic carbocycles. The first-order valence-corrected chi connectivity index (χ1v) is 7.53. The molecule has 94 valence electrons. The van der Waals surface area contributed by atoms with Gasteiger partial charge in [-0.25, -0.2) is 8.42 Å². The minimum absolute atomic E-state index is 0.123. The molecule has 1 heterocycles. The molecular formula is C11H22N2O2S. The van der Waals surface area contributed by atoms with Gasteiger partial charge in [-0.15, -0.1) is 6.58 Å². The van der Waals surface area contributed by atoms with Crippen molar-refractivity contribution in [3.05, 3.63) is 12.7 Å². The van der Waals surface area contributed by atoms with Gasteiger partial charge >= 0.3 is 0 Å². The fourth-order valence-corrected chi connectivity index (χ4v) is 3.74. The molecule has 0 amide bonds. The van der Waals surface area contributed by atoms with Gasteiger partial charge in [0.1, 0.15) is 0 Å². The second kappa shape index (κ2) is 6.37. The second-order valence-electron chi connectivity index (χ2n) is 4.16. The molecule has 1 fully saturated rings. The summed E-state index contributed by atoms with van der Waals surface area (Å²) < 4.78 is 25.6. The van der Waals surface area contributed by atoms with Gasteiger partial charge in [-0.05, 0) is 19.4 Å². The van der Waals surface area contributed by atoms with Crippen LogP contribution in [0, 0.1) is 0 Å². The first-order chi connectivity index (χ1) is 7.60. The molecule has 0 bridgehead atoms. The topological polar surface area (TPSA) is 49.4 Å². The Bertz CT molecular complexity index is 308. The lowest BCUT2D eigenvalue weighted by Gasteiger charge is -2.26. The molecule has 1 rings (SSSR count). The number of likely N-dealkylation sites (N-methyl/N-ethyl adjacent to an activating group) is 1. The van der Waals surface area contributed by atoms with Crippen LogP contribution in [-0.4, -0.2) is 44.2 Å². The zero-order chi connectivity index (χ0) is 12.0. The van der Waals surface area contributed by atoms with Crippen LogP contribution in [0.4, 0.5) is 0 Å². The normalized spacial score (nSPS) is 22.2. The minimum Gasteiger partial charge on any atom is -0.313 e. The van der Waals surface area contributed by atoms with Crippen LogP contribution in [0.5, 0.6) is 0 Å². The lowest BCUT2D eigenvalue weighted by atomic mass is 10.1. The summed E-state index contributed by atoms with van der Waals surface area (Å²) in [6.07, 6.45) is 4.88. The van der Waals surface area contributed by atoms with Crippen LogP contribution in [-0.2, 0) is 10.0 Å². The molecule has 1 aliphatic heterocycles. The summed E-state index contributed by atoms with van der Waals surface area (Å²) in [6.45, 7) is 7.31. The lowest BCUT2D eigenvalue weighted by Crippen LogP contribution is -2.44. The highest BCUT2D eigenvalue weighted by molar-refractivity contribution is 7.89. The molecule has 5 heteroatoms. The van der Waals surface area contributed by atoms with E-state index in [1.54, 1.807) is 6.08 Å². The third-order valence-corrected chi connectivity index (χ3v) is 4.92. The van der Waals surface area contributed by atoms with Crippen LogP contribution in [0.3, 0.4) is 0 Å². The van der Waals surface area contributed by atoms with Crippen LogP contribution in [0.25, 0.3) is 0 Å². The largest absolute Gasteiger partial charge is 0.313 e. The maximum atomic E-state index is 12.1. The Hall–Kier alpha value is -0.390. The van der Waals surface area contributed by atoms with E-state index in [2.05, 4.69) is 11.9 Å². The van der Waals surface area contributed by atoms with Crippen LogP contribution in [0.15, 0.2) is 12.7 Å². The van der Waals surface area contributed by atoms with E-state index in [1.807, 2.05) is 6.92 Å². The van der Waals surface area contributed by atoms with E-state index < -0.39 is 10.0 Å². The van der Waals surface area contributed by atoms with E-state index in [-0.39, 0.29) is 11.8 Å². The molecule has 0 spiro atoms. The Kier molecular flexibility index (Phi) is 5.44. The quantitative estimate of drug-likeness (QED) is 0.710. The average Bonchev–Trinajstić information content (AvgIpc) is 2.26. The van der Waals surface area contributed by atoms with Gasteiger partial charge in [0.2, 0.25) is 10.0 Å². The Morgan fingerprint density at radius 1 is 1.50 bits per heavy atom. The first-order valence-electron chi connectivity index (χ1n) is 5.92. The standard InChI is InChI=1S/C11H22N2O2S/c1-3-9-13(4-2)16(14,15)10-11-7-5-6-8-12-11/h3,11-12H,1,4-10H2,2H3. The van der Waals surface area contributed by atoms with E-state index in [1.165, 1.54) is 4.31 Å². The van der Waals surface area contributed by atoms with Gasteiger partial charge in [-0.3, -0.25) is 0 Å². The van der Waals surface area contributed by atoms with Crippen LogP contribution < -0.4 is 5.32 Å². The number of nitrogens with zero attached hydrogens (tertiary/aromatic N) is 1. The summed E-state index contributed by atoms with van der Waals surface area (Å²) >= 11 is 0. The zero-order valence-corrected chi connectivity index (χ0v) is 10.8. The van der Waals surface area contributed by atoms with Crippen LogP contribution in [0.2, 0.25) is 0 Å². The summed E-state index contributed by atoms with van der Waals surface area (Å²) in [6, 6.07) is 0.123. The molecule has 1 unspecified atom stereocenters. The molecule has 1 saturated heterocycles. The summed E-state index contributed by atoms with van der Waals surface area (Å²) in [5, 5.41) is 3.26. The molecule has 0 aromatic carbocycles. The fourth-order valence-electron chi connectivity index (χ4n) is 2.01. The smallest absolute Gasteiger partial charge is 0.215 e. The Morgan fingerprint density at radius 3 is 2.75 bits per heavy atom. The molecule has 1 atom stereocenters. The third-order valence-electron chi connectivity index (χ3n) is 2.90. The lowest BCUT2D eigenvalue weighted by molar-refractivity contribution is 0.406. The van der Waals surface area contributed by atoms with Crippen molar-refractivity contribution in [2.24, 2.45) is 0 Å². The van der Waals surface area contributed by atoms with Gasteiger partial charge in [0.25, 0.3) is 0 Å². The number of nitrogens with one attached hydrogen (secondary N) is 1. The van der Waals surface area contributed by atoms with Gasteiger partial charge in [0.05, 0.1) is 5.75 Å². The van der Waals surface area contributed by atoms with E-state index >= 15 is 0 Å². The second-order valence-corrected chi connectivity index (χ2v) is 6.18. The van der Waals surface area contributed by atoms with Gasteiger partial charge in [-0.2, -0.15) is 4.31 Å². The van der Waals surface area contributed by atoms with Gasteiger partial charge in [0.15, 0.2) is 0 Å². The minimum atomic E-state index is -3.13. The molecule has 1 aliphatic rings. The third kappa shape index (κ3) is 3.88. The number of sulfonamides is 1. The number of hydrogen-bond acceptors (Lipinski definition) is 3. The Balaban J connectivity index is 2.57. The number of piperidine rings is 1. The highest BCUT2D eigenvalue weighted by Gasteiger charge is 2.25. The molecule has 4 nitrogen and oxygen atoms in total. The zero-order valence-electron chi connectivity index (χ0n) is 9.98. The maximum absolute atomic E-state index is 12.1. The van der Waals surface area contributed by atoms with Crippen molar-refractivity contribution in [2.45, 2.75) is 32.2 Å². The predicted molar refractivity (Wildman–Crippen MR) is 66.9 cm³/mol. The summed E-state index contributed by atoms with van der Waals surface area (Å²) in [7, 11) is -3.13. The van der Waals surface area contributed by atoms with Crippen LogP contribution >= 0.6 is 0 Å². The van der Waals surface area contributed by atoms with Crippen molar-refractivity contribution in [1.29, 1.82) is 0 Å². The van der Waals surface area contributed by atoms with Crippen molar-refractivity contribution in [2.75, 3.05) is 25.4 Å². The van der Waals surface area contributed by atoms with Gasteiger partial charge in [0, 0.05) is 19.1 Å². The first kappa shape index (κ1) is 13.7. The Labute approximate surface area is 98.8 Å². The maximum Gasteiger partial charge on any atom is 0.215 e. The monoisotopic (exact) mass is 246 g/mol. The molecular weight excluding hydrogens is 224 g/mol. The van der Waals surface area contributed by atoms with Crippen molar-refractivity contribution < 1.29 is 8.42 Å². The van der Waals surface area contributed by atoms with Crippen molar-refractivity contribution in [1.82, 2.24) is 9.62 Å². The predicted octanol–water partition coefficient (Wildman–Crippen LogP) is 0.966. The Morgan fingerprint density at radius 2 is 2.25 bits per heavy atom. The molecule has 1 N–H and O–H groups in total. The van der Waals surface area contributed by atoms with Crippen molar-refractivity contribution in [3.8, 4) is 0 Å². The van der Waals surface area contributed by atoms with Gasteiger partial charge in [-0.1, -0.05) is 19.4 Å². The van der Waals surface area contributed by atoms with Crippen molar-refractivity contribution >= 4 is 10.0 Å². The summed E-state index contributed by atoms with van der Waals surface area (Å²) in [5.74, 6) is 0.217. The molecule has 0 saturated carbocycles. The SMILES string of the molecule is C=CCN(CC)S(=O)(=O)CC1CCCCN1. The highest BCUT2D eigenvalue weighted by Crippen LogP contribution is 2.11. The summed E-state index contributed by atoms with van der Waals surface area (Å²) in [5.41, 5.74) is 0.